The van der Waals surface area contributed by atoms with Gasteiger partial charge >= 0.3 is 0 Å². The summed E-state index contributed by atoms with van der Waals surface area (Å²) >= 11 is 5.65. The van der Waals surface area contributed by atoms with Crippen LogP contribution in [0.3, 0.4) is 0 Å². The van der Waals surface area contributed by atoms with Gasteiger partial charge in [-0.3, -0.25) is 4.79 Å². The Hall–Kier alpha value is -1.24. The minimum Gasteiger partial charge on any atom is -0.394 e. The van der Waals surface area contributed by atoms with Gasteiger partial charge in [0.25, 0.3) is 5.91 Å². The van der Waals surface area contributed by atoms with E-state index in [0.29, 0.717) is 0 Å². The van der Waals surface area contributed by atoms with Crippen molar-refractivity contribution in [2.45, 2.75) is 0 Å². The Morgan fingerprint density at radius 1 is 1.59 bits per heavy atom. The second-order valence-electron chi connectivity index (χ2n) is 3.08. The van der Waals surface area contributed by atoms with Crippen molar-refractivity contribution in [3.63, 3.8) is 0 Å². The predicted octanol–water partition coefficient (Wildman–Crippen LogP) is 0.613. The van der Waals surface area contributed by atoms with Crippen molar-refractivity contribution in [1.29, 1.82) is 0 Å². The van der Waals surface area contributed by atoms with E-state index in [2.05, 4.69) is 10.3 Å². The Morgan fingerprint density at radius 2 is 2.35 bits per heavy atom. The van der Waals surface area contributed by atoms with E-state index in [1.807, 2.05) is 0 Å². The smallest absolute Gasteiger partial charge is 0.254 e. The van der Waals surface area contributed by atoms with Crippen LogP contribution >= 0.6 is 11.6 Å². The molecule has 0 aliphatic heterocycles. The van der Waals surface area contributed by atoms with Gasteiger partial charge in [-0.2, -0.15) is 0 Å². The second-order valence-corrected chi connectivity index (χ2v) is 3.44. The summed E-state index contributed by atoms with van der Waals surface area (Å²) in [6.45, 7) is 0.629. The Bertz CT molecular complexity index is 390. The standard InChI is InChI=1S/C10H12ClFN2O3/c11-9-8(5-7(12)6-14-9)10(16)13-1-3-17-4-2-15/h5-6,15H,1-4H2,(H,13,16). The maximum absolute atomic E-state index is 12.8. The van der Waals surface area contributed by atoms with Crippen molar-refractivity contribution in [2.75, 3.05) is 26.4 Å². The first kappa shape index (κ1) is 13.8. The molecule has 7 heteroatoms. The van der Waals surface area contributed by atoms with Crippen LogP contribution in [0, 0.1) is 5.82 Å². The molecule has 0 unspecified atom stereocenters. The highest BCUT2D eigenvalue weighted by atomic mass is 35.5. The number of nitrogens with one attached hydrogen (secondary N) is 1. The topological polar surface area (TPSA) is 71.5 Å². The van der Waals surface area contributed by atoms with E-state index in [1.165, 1.54) is 0 Å². The number of hydrogen-bond donors (Lipinski definition) is 2. The molecule has 0 saturated carbocycles. The first-order valence-corrected chi connectivity index (χ1v) is 5.31. The molecule has 0 aliphatic rings. The third kappa shape index (κ3) is 4.64. The lowest BCUT2D eigenvalue weighted by atomic mass is 10.2. The summed E-state index contributed by atoms with van der Waals surface area (Å²) in [5.41, 5.74) is -0.0196. The lowest BCUT2D eigenvalue weighted by Crippen LogP contribution is -2.28. The molecule has 0 bridgehead atoms. The van der Waals surface area contributed by atoms with Gasteiger partial charge in [-0.15, -0.1) is 0 Å². The number of aliphatic hydroxyl groups excluding tert-OH is 1. The molecule has 17 heavy (non-hydrogen) atoms. The lowest BCUT2D eigenvalue weighted by Gasteiger charge is -2.06. The number of hydrogen-bond acceptors (Lipinski definition) is 4. The largest absolute Gasteiger partial charge is 0.394 e. The molecule has 1 aromatic heterocycles. The normalized spacial score (nSPS) is 10.3. The van der Waals surface area contributed by atoms with E-state index in [-0.39, 0.29) is 37.1 Å². The molecule has 5 nitrogen and oxygen atoms in total. The van der Waals surface area contributed by atoms with Crippen LogP contribution < -0.4 is 5.32 Å². The molecular weight excluding hydrogens is 251 g/mol. The molecule has 2 N–H and O–H groups in total. The number of halogens is 2. The first-order chi connectivity index (χ1) is 8.15. The number of amides is 1. The molecule has 0 aliphatic carbocycles. The van der Waals surface area contributed by atoms with E-state index in [0.717, 1.165) is 12.3 Å². The van der Waals surface area contributed by atoms with Crippen LogP contribution in [-0.2, 0) is 4.74 Å². The molecule has 0 radical (unpaired) electrons. The Balaban J connectivity index is 2.44. The molecule has 1 aromatic rings. The predicted molar refractivity (Wildman–Crippen MR) is 59.4 cm³/mol. The molecule has 0 atom stereocenters. The maximum atomic E-state index is 12.8. The first-order valence-electron chi connectivity index (χ1n) is 4.93. The van der Waals surface area contributed by atoms with Crippen LogP contribution in [0.15, 0.2) is 12.3 Å². The summed E-state index contributed by atoms with van der Waals surface area (Å²) in [5.74, 6) is -1.15. The quantitative estimate of drug-likeness (QED) is 0.582. The fourth-order valence-corrected chi connectivity index (χ4v) is 1.27. The van der Waals surface area contributed by atoms with E-state index in [4.69, 9.17) is 21.4 Å². The van der Waals surface area contributed by atoms with Crippen LogP contribution in [0.5, 0.6) is 0 Å². The Labute approximate surface area is 103 Å². The molecule has 0 saturated heterocycles. The van der Waals surface area contributed by atoms with Crippen LogP contribution in [0.4, 0.5) is 4.39 Å². The van der Waals surface area contributed by atoms with Crippen LogP contribution in [0.25, 0.3) is 0 Å². The minimum atomic E-state index is -0.629. The van der Waals surface area contributed by atoms with Gasteiger partial charge in [-0.1, -0.05) is 11.6 Å². The highest BCUT2D eigenvalue weighted by molar-refractivity contribution is 6.32. The summed E-state index contributed by atoms with van der Waals surface area (Å²) in [6, 6.07) is 1.01. The van der Waals surface area contributed by atoms with E-state index >= 15 is 0 Å². The van der Waals surface area contributed by atoms with Gasteiger partial charge in [-0.05, 0) is 6.07 Å². The van der Waals surface area contributed by atoms with Crippen molar-refractivity contribution in [3.05, 3.63) is 28.8 Å². The zero-order valence-electron chi connectivity index (χ0n) is 8.95. The number of nitrogens with zero attached hydrogens (tertiary/aromatic N) is 1. The summed E-state index contributed by atoms with van der Waals surface area (Å²) in [5, 5.41) is 10.9. The molecule has 0 fully saturated rings. The highest BCUT2D eigenvalue weighted by Gasteiger charge is 2.11. The van der Waals surface area contributed by atoms with Crippen molar-refractivity contribution in [3.8, 4) is 0 Å². The average molecular weight is 263 g/mol. The summed E-state index contributed by atoms with van der Waals surface area (Å²) in [4.78, 5) is 15.1. The SMILES string of the molecule is O=C(NCCOCCO)c1cc(F)cnc1Cl. The number of rotatable bonds is 6. The number of aliphatic hydroxyl groups is 1. The van der Waals surface area contributed by atoms with Gasteiger partial charge in [0.15, 0.2) is 0 Å². The number of pyridine rings is 1. The van der Waals surface area contributed by atoms with Crippen LogP contribution in [-0.4, -0.2) is 42.4 Å². The minimum absolute atomic E-state index is 0.0196. The van der Waals surface area contributed by atoms with Gasteiger partial charge in [0.2, 0.25) is 0 Å². The molecule has 94 valence electrons. The lowest BCUT2D eigenvalue weighted by molar-refractivity contribution is 0.0837. The fourth-order valence-electron chi connectivity index (χ4n) is 1.08. The zero-order valence-corrected chi connectivity index (χ0v) is 9.71. The summed E-state index contributed by atoms with van der Waals surface area (Å²) < 4.78 is 17.8. The van der Waals surface area contributed by atoms with Gasteiger partial charge < -0.3 is 15.2 Å². The number of aromatic nitrogens is 1. The molecule has 0 aromatic carbocycles. The van der Waals surface area contributed by atoms with Gasteiger partial charge in [0, 0.05) is 6.54 Å². The molecule has 1 rings (SSSR count). The van der Waals surface area contributed by atoms with Crippen molar-refractivity contribution in [1.82, 2.24) is 10.3 Å². The molecule has 0 spiro atoms. The average Bonchev–Trinajstić information content (AvgIpc) is 2.32. The molecule has 1 amide bonds. The van der Waals surface area contributed by atoms with Crippen molar-refractivity contribution in [2.24, 2.45) is 0 Å². The van der Waals surface area contributed by atoms with Crippen molar-refractivity contribution >= 4 is 17.5 Å². The third-order valence-electron chi connectivity index (χ3n) is 1.82. The maximum Gasteiger partial charge on any atom is 0.254 e. The highest BCUT2D eigenvalue weighted by Crippen LogP contribution is 2.13. The van der Waals surface area contributed by atoms with Crippen LogP contribution in [0.1, 0.15) is 10.4 Å². The van der Waals surface area contributed by atoms with E-state index in [9.17, 15) is 9.18 Å². The van der Waals surface area contributed by atoms with Gasteiger partial charge in [-0.25, -0.2) is 9.37 Å². The number of carbonyl (C=O) groups excluding carboxylic acids is 1. The van der Waals surface area contributed by atoms with Crippen molar-refractivity contribution < 1.29 is 19.0 Å². The third-order valence-corrected chi connectivity index (χ3v) is 2.12. The van der Waals surface area contributed by atoms with E-state index < -0.39 is 11.7 Å². The van der Waals surface area contributed by atoms with Gasteiger partial charge in [0.1, 0.15) is 11.0 Å². The van der Waals surface area contributed by atoms with Gasteiger partial charge in [0.05, 0.1) is 31.6 Å². The Kier molecular flexibility index (Phi) is 5.82. The number of carbonyl (C=O) groups is 1. The van der Waals surface area contributed by atoms with E-state index in [1.54, 1.807) is 0 Å². The summed E-state index contributed by atoms with van der Waals surface area (Å²) in [7, 11) is 0. The fraction of sp³-hybridized carbons (Fsp3) is 0.400. The van der Waals surface area contributed by atoms with Crippen LogP contribution in [0.2, 0.25) is 5.15 Å². The summed E-state index contributed by atoms with van der Waals surface area (Å²) in [6.07, 6.45) is 0.934. The molecular formula is C10H12ClFN2O3. The molecule has 1 heterocycles. The Morgan fingerprint density at radius 3 is 3.06 bits per heavy atom. The second kappa shape index (κ2) is 7.16. The number of ether oxygens (including phenoxy) is 1. The monoisotopic (exact) mass is 262 g/mol. The zero-order chi connectivity index (χ0) is 12.7.